The molecular formula is C20H23NO5. The summed E-state index contributed by atoms with van der Waals surface area (Å²) in [5, 5.41) is 2.65. The normalized spacial score (nSPS) is 10.1. The van der Waals surface area contributed by atoms with E-state index in [1.54, 1.807) is 31.4 Å². The average Bonchev–Trinajstić information content (AvgIpc) is 2.65. The summed E-state index contributed by atoms with van der Waals surface area (Å²) in [4.78, 5) is 23.4. The molecule has 6 heteroatoms. The Morgan fingerprint density at radius 1 is 0.962 bits per heavy atom. The van der Waals surface area contributed by atoms with Crippen LogP contribution in [0.2, 0.25) is 0 Å². The van der Waals surface area contributed by atoms with Crippen molar-refractivity contribution in [3.05, 3.63) is 54.1 Å². The smallest absolute Gasteiger partial charge is 0.306 e. The van der Waals surface area contributed by atoms with Gasteiger partial charge in [-0.3, -0.25) is 9.59 Å². The Bertz CT molecular complexity index is 710. The Morgan fingerprint density at radius 3 is 2.27 bits per heavy atom. The fourth-order valence-electron chi connectivity index (χ4n) is 2.13. The number of carbonyl (C=O) groups excluding carboxylic acids is 2. The molecule has 1 N–H and O–H groups in total. The number of anilines is 1. The van der Waals surface area contributed by atoms with Gasteiger partial charge in [-0.05, 0) is 49.7 Å². The average molecular weight is 357 g/mol. The van der Waals surface area contributed by atoms with E-state index in [1.165, 1.54) is 0 Å². The van der Waals surface area contributed by atoms with Gasteiger partial charge < -0.3 is 19.5 Å². The zero-order valence-electron chi connectivity index (χ0n) is 15.0. The molecular weight excluding hydrogens is 334 g/mol. The standard InChI is InChI=1S/C20H23NO5/c1-15-5-9-18(10-6-15)25-13-3-4-20(23)26-14-19(22)21-16-7-11-17(24-2)12-8-16/h5-12H,3-4,13-14H2,1-2H3,(H,21,22). The summed E-state index contributed by atoms with van der Waals surface area (Å²) < 4.78 is 15.5. The van der Waals surface area contributed by atoms with Gasteiger partial charge in [0.25, 0.3) is 5.91 Å². The molecule has 0 aliphatic carbocycles. The van der Waals surface area contributed by atoms with Crippen LogP contribution in [-0.2, 0) is 14.3 Å². The van der Waals surface area contributed by atoms with E-state index in [2.05, 4.69) is 5.32 Å². The number of rotatable bonds is 9. The first kappa shape index (κ1) is 19.3. The minimum absolute atomic E-state index is 0.196. The third-order valence-corrected chi connectivity index (χ3v) is 3.55. The predicted octanol–water partition coefficient (Wildman–Crippen LogP) is 3.34. The molecule has 0 saturated heterocycles. The molecule has 0 unspecified atom stereocenters. The monoisotopic (exact) mass is 357 g/mol. The van der Waals surface area contributed by atoms with E-state index in [4.69, 9.17) is 14.2 Å². The van der Waals surface area contributed by atoms with E-state index in [1.807, 2.05) is 31.2 Å². The van der Waals surface area contributed by atoms with Crippen LogP contribution in [0.15, 0.2) is 48.5 Å². The molecule has 6 nitrogen and oxygen atoms in total. The highest BCUT2D eigenvalue weighted by atomic mass is 16.5. The summed E-state index contributed by atoms with van der Waals surface area (Å²) in [5.41, 5.74) is 1.77. The maximum Gasteiger partial charge on any atom is 0.306 e. The molecule has 0 aliphatic heterocycles. The fourth-order valence-corrected chi connectivity index (χ4v) is 2.13. The second kappa shape index (κ2) is 10.1. The maximum absolute atomic E-state index is 11.8. The number of methoxy groups -OCH3 is 1. The molecule has 0 aliphatic rings. The van der Waals surface area contributed by atoms with Gasteiger partial charge in [-0.1, -0.05) is 17.7 Å². The van der Waals surface area contributed by atoms with Gasteiger partial charge in [0.2, 0.25) is 0 Å². The number of aryl methyl sites for hydroxylation is 1. The number of nitrogens with one attached hydrogen (secondary N) is 1. The Morgan fingerprint density at radius 2 is 1.62 bits per heavy atom. The van der Waals surface area contributed by atoms with Crippen LogP contribution >= 0.6 is 0 Å². The molecule has 26 heavy (non-hydrogen) atoms. The van der Waals surface area contributed by atoms with Crippen LogP contribution in [-0.4, -0.2) is 32.2 Å². The van der Waals surface area contributed by atoms with Crippen molar-refractivity contribution < 1.29 is 23.8 Å². The van der Waals surface area contributed by atoms with Crippen molar-refractivity contribution in [3.8, 4) is 11.5 Å². The van der Waals surface area contributed by atoms with E-state index >= 15 is 0 Å². The Hall–Kier alpha value is -3.02. The highest BCUT2D eigenvalue weighted by molar-refractivity contribution is 5.92. The van der Waals surface area contributed by atoms with E-state index in [-0.39, 0.29) is 18.9 Å². The van der Waals surface area contributed by atoms with Crippen molar-refractivity contribution >= 4 is 17.6 Å². The SMILES string of the molecule is COc1ccc(NC(=O)COC(=O)CCCOc2ccc(C)cc2)cc1. The molecule has 0 bridgehead atoms. The first-order valence-corrected chi connectivity index (χ1v) is 8.36. The van der Waals surface area contributed by atoms with Gasteiger partial charge in [-0.15, -0.1) is 0 Å². The highest BCUT2D eigenvalue weighted by Crippen LogP contribution is 2.15. The van der Waals surface area contributed by atoms with Crippen molar-refractivity contribution in [3.63, 3.8) is 0 Å². The molecule has 0 heterocycles. The van der Waals surface area contributed by atoms with Crippen LogP contribution < -0.4 is 14.8 Å². The molecule has 2 rings (SSSR count). The molecule has 2 aromatic carbocycles. The second-order valence-corrected chi connectivity index (χ2v) is 5.70. The van der Waals surface area contributed by atoms with Crippen molar-refractivity contribution in [2.75, 3.05) is 25.6 Å². The minimum Gasteiger partial charge on any atom is -0.497 e. The third-order valence-electron chi connectivity index (χ3n) is 3.55. The summed E-state index contributed by atoms with van der Waals surface area (Å²) in [6.07, 6.45) is 0.717. The van der Waals surface area contributed by atoms with Crippen LogP contribution in [0.1, 0.15) is 18.4 Å². The van der Waals surface area contributed by atoms with Gasteiger partial charge in [-0.25, -0.2) is 0 Å². The zero-order valence-corrected chi connectivity index (χ0v) is 15.0. The molecule has 0 saturated carbocycles. The largest absolute Gasteiger partial charge is 0.497 e. The van der Waals surface area contributed by atoms with Gasteiger partial charge >= 0.3 is 5.97 Å². The number of hydrogen-bond acceptors (Lipinski definition) is 5. The third kappa shape index (κ3) is 6.84. The molecule has 138 valence electrons. The van der Waals surface area contributed by atoms with Gasteiger partial charge in [0.1, 0.15) is 11.5 Å². The van der Waals surface area contributed by atoms with E-state index in [0.29, 0.717) is 24.5 Å². The lowest BCUT2D eigenvalue weighted by Gasteiger charge is -2.08. The Labute approximate surface area is 153 Å². The predicted molar refractivity (Wildman–Crippen MR) is 98.5 cm³/mol. The van der Waals surface area contributed by atoms with E-state index < -0.39 is 5.97 Å². The van der Waals surface area contributed by atoms with Crippen molar-refractivity contribution in [1.29, 1.82) is 0 Å². The summed E-state index contributed by atoms with van der Waals surface area (Å²) in [5.74, 6) is 0.645. The molecule has 0 atom stereocenters. The quantitative estimate of drug-likeness (QED) is 0.550. The van der Waals surface area contributed by atoms with Gasteiger partial charge in [0.05, 0.1) is 13.7 Å². The number of hydrogen-bond donors (Lipinski definition) is 1. The molecule has 1 amide bonds. The fraction of sp³-hybridized carbons (Fsp3) is 0.300. The molecule has 2 aromatic rings. The van der Waals surface area contributed by atoms with E-state index in [0.717, 1.165) is 11.3 Å². The number of carbonyl (C=O) groups is 2. The summed E-state index contributed by atoms with van der Waals surface area (Å²) in [6.45, 7) is 2.10. The van der Waals surface area contributed by atoms with E-state index in [9.17, 15) is 9.59 Å². The molecule has 0 aromatic heterocycles. The van der Waals surface area contributed by atoms with Crippen molar-refractivity contribution in [1.82, 2.24) is 0 Å². The summed E-state index contributed by atoms with van der Waals surface area (Å²) in [7, 11) is 1.57. The lowest BCUT2D eigenvalue weighted by atomic mass is 10.2. The number of amides is 1. The van der Waals surface area contributed by atoms with Gasteiger partial charge in [0.15, 0.2) is 6.61 Å². The van der Waals surface area contributed by atoms with Gasteiger partial charge in [0, 0.05) is 12.1 Å². The molecule has 0 spiro atoms. The van der Waals surface area contributed by atoms with Gasteiger partial charge in [-0.2, -0.15) is 0 Å². The maximum atomic E-state index is 11.8. The number of benzene rings is 2. The van der Waals surface area contributed by atoms with Crippen LogP contribution in [0.5, 0.6) is 11.5 Å². The Balaban J connectivity index is 1.60. The summed E-state index contributed by atoms with van der Waals surface area (Å²) in [6, 6.07) is 14.6. The van der Waals surface area contributed by atoms with Crippen molar-refractivity contribution in [2.24, 2.45) is 0 Å². The number of ether oxygens (including phenoxy) is 3. The lowest BCUT2D eigenvalue weighted by Crippen LogP contribution is -2.21. The first-order chi connectivity index (χ1) is 12.6. The number of esters is 1. The molecule has 0 fully saturated rings. The van der Waals surface area contributed by atoms with Crippen LogP contribution in [0.4, 0.5) is 5.69 Å². The zero-order chi connectivity index (χ0) is 18.8. The minimum atomic E-state index is -0.428. The first-order valence-electron chi connectivity index (χ1n) is 8.36. The highest BCUT2D eigenvalue weighted by Gasteiger charge is 2.08. The topological polar surface area (TPSA) is 73.9 Å². The van der Waals surface area contributed by atoms with Crippen LogP contribution in [0.3, 0.4) is 0 Å². The van der Waals surface area contributed by atoms with Crippen molar-refractivity contribution in [2.45, 2.75) is 19.8 Å². The van der Waals surface area contributed by atoms with Crippen LogP contribution in [0.25, 0.3) is 0 Å². The summed E-state index contributed by atoms with van der Waals surface area (Å²) >= 11 is 0. The molecule has 0 radical (unpaired) electrons. The Kier molecular flexibility index (Phi) is 7.49. The second-order valence-electron chi connectivity index (χ2n) is 5.70. The van der Waals surface area contributed by atoms with Crippen LogP contribution in [0, 0.1) is 6.92 Å². The lowest BCUT2D eigenvalue weighted by molar-refractivity contribution is -0.147.